The molecule has 1 saturated carbocycles. The van der Waals surface area contributed by atoms with Gasteiger partial charge in [-0.3, -0.25) is 4.79 Å². The Labute approximate surface area is 92.3 Å². The van der Waals surface area contributed by atoms with Gasteiger partial charge < -0.3 is 10.4 Å². The lowest BCUT2D eigenvalue weighted by Gasteiger charge is -2.46. The Hall–Kier alpha value is -0.570. The molecule has 3 heteroatoms. The predicted octanol–water partition coefficient (Wildman–Crippen LogP) is 2.27. The van der Waals surface area contributed by atoms with Gasteiger partial charge in [-0.25, -0.2) is 0 Å². The molecule has 0 bridgehead atoms. The molecule has 0 amide bonds. The van der Waals surface area contributed by atoms with Crippen molar-refractivity contribution in [1.82, 2.24) is 5.32 Å². The molecule has 2 N–H and O–H groups in total. The lowest BCUT2D eigenvalue weighted by molar-refractivity contribution is -0.150. The van der Waals surface area contributed by atoms with Crippen molar-refractivity contribution in [2.75, 3.05) is 6.54 Å². The van der Waals surface area contributed by atoms with Crippen molar-refractivity contribution in [1.29, 1.82) is 0 Å². The van der Waals surface area contributed by atoms with Crippen LogP contribution in [0, 0.1) is 11.3 Å². The number of carbonyl (C=O) groups is 1. The van der Waals surface area contributed by atoms with Gasteiger partial charge in [0.25, 0.3) is 0 Å². The maximum Gasteiger partial charge on any atom is 0.324 e. The van der Waals surface area contributed by atoms with Gasteiger partial charge in [-0.1, -0.05) is 27.7 Å². The minimum atomic E-state index is -0.690. The van der Waals surface area contributed by atoms with E-state index < -0.39 is 11.5 Å². The van der Waals surface area contributed by atoms with Crippen LogP contribution in [0.3, 0.4) is 0 Å². The van der Waals surface area contributed by atoms with Crippen molar-refractivity contribution in [3.05, 3.63) is 0 Å². The van der Waals surface area contributed by atoms with Crippen LogP contribution in [-0.2, 0) is 4.79 Å². The number of carboxylic acids is 1. The minimum absolute atomic E-state index is 0.193. The molecular formula is C12H23NO2. The highest BCUT2D eigenvalue weighted by molar-refractivity contribution is 5.79. The van der Waals surface area contributed by atoms with E-state index in [1.165, 1.54) is 0 Å². The highest BCUT2D eigenvalue weighted by Gasteiger charge is 2.48. The van der Waals surface area contributed by atoms with E-state index in [1.54, 1.807) is 0 Å². The first-order valence-corrected chi connectivity index (χ1v) is 5.82. The molecule has 2 unspecified atom stereocenters. The van der Waals surface area contributed by atoms with E-state index in [0.29, 0.717) is 0 Å². The molecule has 0 aliphatic heterocycles. The normalized spacial score (nSPS) is 35.1. The second kappa shape index (κ2) is 4.12. The SMILES string of the molecule is CCNC1(C(=O)O)CCC(C)(C)CC1C. The van der Waals surface area contributed by atoms with Crippen molar-refractivity contribution in [3.63, 3.8) is 0 Å². The summed E-state index contributed by atoms with van der Waals surface area (Å²) in [7, 11) is 0. The lowest BCUT2D eigenvalue weighted by Crippen LogP contribution is -2.59. The summed E-state index contributed by atoms with van der Waals surface area (Å²) in [6, 6.07) is 0. The number of nitrogens with one attached hydrogen (secondary N) is 1. The van der Waals surface area contributed by atoms with Crippen LogP contribution in [0.25, 0.3) is 0 Å². The van der Waals surface area contributed by atoms with Gasteiger partial charge in [-0.2, -0.15) is 0 Å². The number of carboxylic acid groups (broad SMARTS) is 1. The van der Waals surface area contributed by atoms with Crippen LogP contribution in [0.2, 0.25) is 0 Å². The van der Waals surface area contributed by atoms with Gasteiger partial charge in [0.2, 0.25) is 0 Å². The fourth-order valence-corrected chi connectivity index (χ4v) is 2.86. The second-order valence-corrected chi connectivity index (χ2v) is 5.58. The van der Waals surface area contributed by atoms with Crippen molar-refractivity contribution in [2.45, 2.75) is 52.5 Å². The summed E-state index contributed by atoms with van der Waals surface area (Å²) < 4.78 is 0. The Kier molecular flexibility index (Phi) is 3.44. The zero-order chi connectivity index (χ0) is 11.7. The van der Waals surface area contributed by atoms with Crippen molar-refractivity contribution in [2.24, 2.45) is 11.3 Å². The van der Waals surface area contributed by atoms with E-state index in [1.807, 2.05) is 6.92 Å². The molecule has 1 aliphatic rings. The molecule has 0 aromatic heterocycles. The first-order valence-electron chi connectivity index (χ1n) is 5.82. The lowest BCUT2D eigenvalue weighted by atomic mass is 9.64. The van der Waals surface area contributed by atoms with Crippen LogP contribution in [0.1, 0.15) is 47.0 Å². The number of aliphatic carboxylic acids is 1. The molecule has 1 fully saturated rings. The molecule has 1 rings (SSSR count). The zero-order valence-electron chi connectivity index (χ0n) is 10.3. The van der Waals surface area contributed by atoms with Crippen molar-refractivity contribution < 1.29 is 9.90 Å². The summed E-state index contributed by atoms with van der Waals surface area (Å²) in [5, 5.41) is 12.6. The van der Waals surface area contributed by atoms with Crippen LogP contribution in [0.4, 0.5) is 0 Å². The quantitative estimate of drug-likeness (QED) is 0.756. The molecule has 0 saturated heterocycles. The van der Waals surface area contributed by atoms with Gasteiger partial charge in [0.05, 0.1) is 0 Å². The molecule has 0 aromatic carbocycles. The predicted molar refractivity (Wildman–Crippen MR) is 60.8 cm³/mol. The number of hydrogen-bond acceptors (Lipinski definition) is 2. The number of rotatable bonds is 3. The van der Waals surface area contributed by atoms with Crippen LogP contribution < -0.4 is 5.32 Å². The van der Waals surface area contributed by atoms with E-state index in [0.717, 1.165) is 25.8 Å². The third-order valence-corrected chi connectivity index (χ3v) is 3.77. The minimum Gasteiger partial charge on any atom is -0.480 e. The average Bonchev–Trinajstić information content (AvgIpc) is 2.09. The molecular weight excluding hydrogens is 190 g/mol. The second-order valence-electron chi connectivity index (χ2n) is 5.58. The first kappa shape index (κ1) is 12.5. The standard InChI is InChI=1S/C12H23NO2/c1-5-13-12(10(14)15)7-6-11(3,4)8-9(12)2/h9,13H,5-8H2,1-4H3,(H,14,15). The molecule has 88 valence electrons. The van der Waals surface area contributed by atoms with Gasteiger partial charge in [0, 0.05) is 0 Å². The molecule has 0 aromatic rings. The Balaban J connectivity index is 2.87. The van der Waals surface area contributed by atoms with E-state index in [2.05, 4.69) is 26.1 Å². The molecule has 0 spiro atoms. The Morgan fingerprint density at radius 2 is 2.07 bits per heavy atom. The van der Waals surface area contributed by atoms with Gasteiger partial charge >= 0.3 is 5.97 Å². The fourth-order valence-electron chi connectivity index (χ4n) is 2.86. The molecule has 15 heavy (non-hydrogen) atoms. The number of hydrogen-bond donors (Lipinski definition) is 2. The first-order chi connectivity index (χ1) is 6.84. The maximum absolute atomic E-state index is 11.4. The fraction of sp³-hybridized carbons (Fsp3) is 0.917. The van der Waals surface area contributed by atoms with Crippen LogP contribution in [-0.4, -0.2) is 23.2 Å². The molecule has 3 nitrogen and oxygen atoms in total. The van der Waals surface area contributed by atoms with Gasteiger partial charge in [0.15, 0.2) is 0 Å². The van der Waals surface area contributed by atoms with E-state index in [9.17, 15) is 9.90 Å². The molecule has 0 radical (unpaired) electrons. The van der Waals surface area contributed by atoms with E-state index >= 15 is 0 Å². The summed E-state index contributed by atoms with van der Waals surface area (Å²) >= 11 is 0. The Morgan fingerprint density at radius 3 is 2.47 bits per heavy atom. The largest absolute Gasteiger partial charge is 0.480 e. The van der Waals surface area contributed by atoms with E-state index in [4.69, 9.17) is 0 Å². The van der Waals surface area contributed by atoms with Crippen LogP contribution in [0.15, 0.2) is 0 Å². The van der Waals surface area contributed by atoms with E-state index in [-0.39, 0.29) is 11.3 Å². The maximum atomic E-state index is 11.4. The third-order valence-electron chi connectivity index (χ3n) is 3.77. The summed E-state index contributed by atoms with van der Waals surface area (Å²) in [4.78, 5) is 11.4. The van der Waals surface area contributed by atoms with Crippen LogP contribution >= 0.6 is 0 Å². The van der Waals surface area contributed by atoms with Crippen molar-refractivity contribution in [3.8, 4) is 0 Å². The highest BCUT2D eigenvalue weighted by Crippen LogP contribution is 2.43. The third kappa shape index (κ3) is 2.33. The summed E-state index contributed by atoms with van der Waals surface area (Å²) in [6.45, 7) is 9.19. The highest BCUT2D eigenvalue weighted by atomic mass is 16.4. The number of likely N-dealkylation sites (N-methyl/N-ethyl adjacent to an activating group) is 1. The molecule has 1 aliphatic carbocycles. The topological polar surface area (TPSA) is 49.3 Å². The monoisotopic (exact) mass is 213 g/mol. The van der Waals surface area contributed by atoms with Crippen LogP contribution in [0.5, 0.6) is 0 Å². The average molecular weight is 213 g/mol. The van der Waals surface area contributed by atoms with Gasteiger partial charge in [-0.05, 0) is 37.1 Å². The summed E-state index contributed by atoms with van der Waals surface area (Å²) in [6.07, 6.45) is 2.70. The van der Waals surface area contributed by atoms with Crippen molar-refractivity contribution >= 4 is 5.97 Å². The molecule has 0 heterocycles. The Bertz CT molecular complexity index is 250. The molecule has 2 atom stereocenters. The smallest absolute Gasteiger partial charge is 0.324 e. The summed E-state index contributed by atoms with van der Waals surface area (Å²) in [5.74, 6) is -0.494. The van der Waals surface area contributed by atoms with Gasteiger partial charge in [0.1, 0.15) is 5.54 Å². The zero-order valence-corrected chi connectivity index (χ0v) is 10.3. The summed E-state index contributed by atoms with van der Waals surface area (Å²) in [5.41, 5.74) is -0.405. The Morgan fingerprint density at radius 1 is 1.47 bits per heavy atom. The van der Waals surface area contributed by atoms with Gasteiger partial charge in [-0.15, -0.1) is 0 Å².